The third-order valence-corrected chi connectivity index (χ3v) is 2.54. The Balaban J connectivity index is 3.11. The largest absolute Gasteiger partial charge is 0.380 e. The Kier molecular flexibility index (Phi) is 3.52. The van der Waals surface area contributed by atoms with Crippen LogP contribution in [0.5, 0.6) is 5.75 Å². The molecule has 1 aromatic rings. The molecule has 0 aliphatic heterocycles. The second kappa shape index (κ2) is 4.33. The minimum atomic E-state index is -2.26. The molecule has 1 N–H and O–H groups in total. The molecule has 0 radical (unpaired) electrons. The molecule has 4 heteroatoms. The SMILES string of the molecule is Cc1ccc(C(C)(C)C)cc1OS(=O)O. The maximum atomic E-state index is 10.6. The van der Waals surface area contributed by atoms with E-state index in [9.17, 15) is 4.21 Å². The van der Waals surface area contributed by atoms with Crippen molar-refractivity contribution in [1.29, 1.82) is 0 Å². The van der Waals surface area contributed by atoms with Crippen LogP contribution in [-0.4, -0.2) is 8.76 Å². The molecule has 0 bridgehead atoms. The summed E-state index contributed by atoms with van der Waals surface area (Å²) in [5, 5.41) is 0. The molecule has 0 aliphatic rings. The predicted octanol–water partition coefficient (Wildman–Crippen LogP) is 2.81. The van der Waals surface area contributed by atoms with Crippen molar-refractivity contribution in [2.75, 3.05) is 0 Å². The average molecular weight is 228 g/mol. The zero-order valence-electron chi connectivity index (χ0n) is 9.40. The number of benzene rings is 1. The quantitative estimate of drug-likeness (QED) is 0.792. The molecule has 0 aliphatic carbocycles. The number of hydrogen-bond acceptors (Lipinski definition) is 2. The molecule has 1 rings (SSSR count). The molecule has 1 atom stereocenters. The zero-order valence-corrected chi connectivity index (χ0v) is 10.2. The van der Waals surface area contributed by atoms with E-state index < -0.39 is 11.4 Å². The molecule has 15 heavy (non-hydrogen) atoms. The predicted molar refractivity (Wildman–Crippen MR) is 61.3 cm³/mol. The summed E-state index contributed by atoms with van der Waals surface area (Å²) in [5.74, 6) is 0.461. The van der Waals surface area contributed by atoms with Crippen LogP contribution in [0, 0.1) is 6.92 Å². The van der Waals surface area contributed by atoms with Crippen molar-refractivity contribution in [2.24, 2.45) is 0 Å². The summed E-state index contributed by atoms with van der Waals surface area (Å²) < 4.78 is 24.1. The molecule has 3 nitrogen and oxygen atoms in total. The smallest absolute Gasteiger partial charge is 0.357 e. The number of hydrogen-bond donors (Lipinski definition) is 1. The lowest BCUT2D eigenvalue weighted by molar-refractivity contribution is 0.455. The first-order valence-corrected chi connectivity index (χ1v) is 5.74. The van der Waals surface area contributed by atoms with E-state index in [4.69, 9.17) is 8.74 Å². The van der Waals surface area contributed by atoms with Gasteiger partial charge in [-0.2, -0.15) is 4.21 Å². The van der Waals surface area contributed by atoms with Crippen LogP contribution in [0.3, 0.4) is 0 Å². The van der Waals surface area contributed by atoms with Crippen LogP contribution in [0.4, 0.5) is 0 Å². The number of rotatable bonds is 2. The molecule has 1 unspecified atom stereocenters. The van der Waals surface area contributed by atoms with Crippen LogP contribution >= 0.6 is 0 Å². The van der Waals surface area contributed by atoms with Crippen LogP contribution in [0.1, 0.15) is 31.9 Å². The summed E-state index contributed by atoms with van der Waals surface area (Å²) in [6.45, 7) is 8.08. The van der Waals surface area contributed by atoms with Crippen molar-refractivity contribution in [3.05, 3.63) is 29.3 Å². The van der Waals surface area contributed by atoms with Gasteiger partial charge in [-0.3, -0.25) is 4.55 Å². The average Bonchev–Trinajstić information content (AvgIpc) is 2.06. The number of aryl methyl sites for hydroxylation is 1. The molecular weight excluding hydrogens is 212 g/mol. The molecule has 0 heterocycles. The Labute approximate surface area is 93.0 Å². The summed E-state index contributed by atoms with van der Waals surface area (Å²) in [6, 6.07) is 5.70. The first-order valence-electron chi connectivity index (χ1n) is 4.71. The van der Waals surface area contributed by atoms with E-state index in [2.05, 4.69) is 20.8 Å². The second-order valence-corrected chi connectivity index (χ2v) is 5.13. The Morgan fingerprint density at radius 2 is 1.93 bits per heavy atom. The summed E-state index contributed by atoms with van der Waals surface area (Å²) >= 11 is -2.26. The Bertz CT molecular complexity index is 380. The van der Waals surface area contributed by atoms with E-state index >= 15 is 0 Å². The van der Waals surface area contributed by atoms with E-state index in [0.717, 1.165) is 11.1 Å². The normalized spacial score (nSPS) is 13.7. The highest BCUT2D eigenvalue weighted by Gasteiger charge is 2.15. The van der Waals surface area contributed by atoms with E-state index in [1.807, 2.05) is 25.1 Å². The van der Waals surface area contributed by atoms with Crippen LogP contribution in [0.25, 0.3) is 0 Å². The molecule has 0 saturated carbocycles. The molecular formula is C11H16O3S. The van der Waals surface area contributed by atoms with Gasteiger partial charge in [-0.15, -0.1) is 0 Å². The van der Waals surface area contributed by atoms with Crippen molar-refractivity contribution in [1.82, 2.24) is 0 Å². The van der Waals surface area contributed by atoms with Gasteiger partial charge in [-0.05, 0) is 29.5 Å². The Morgan fingerprint density at radius 1 is 1.33 bits per heavy atom. The monoisotopic (exact) mass is 228 g/mol. The van der Waals surface area contributed by atoms with Crippen LogP contribution < -0.4 is 4.18 Å². The van der Waals surface area contributed by atoms with E-state index in [1.54, 1.807) is 0 Å². The second-order valence-electron chi connectivity index (χ2n) is 4.53. The van der Waals surface area contributed by atoms with Gasteiger partial charge < -0.3 is 4.18 Å². The van der Waals surface area contributed by atoms with Gasteiger partial charge in [0.05, 0.1) is 0 Å². The molecule has 0 fully saturated rings. The highest BCUT2D eigenvalue weighted by molar-refractivity contribution is 7.74. The molecule has 0 saturated heterocycles. The molecule has 0 aromatic heterocycles. The van der Waals surface area contributed by atoms with Crippen LogP contribution in [0.15, 0.2) is 18.2 Å². The standard InChI is InChI=1S/C11H16O3S/c1-8-5-6-9(11(2,3)4)7-10(8)14-15(12)13/h5-7H,1-4H3,(H,12,13). The van der Waals surface area contributed by atoms with Crippen molar-refractivity contribution in [3.63, 3.8) is 0 Å². The highest BCUT2D eigenvalue weighted by atomic mass is 32.2. The molecule has 0 spiro atoms. The van der Waals surface area contributed by atoms with Crippen molar-refractivity contribution in [2.45, 2.75) is 33.1 Å². The lowest BCUT2D eigenvalue weighted by atomic mass is 9.86. The lowest BCUT2D eigenvalue weighted by Gasteiger charge is -2.20. The van der Waals surface area contributed by atoms with Gasteiger partial charge in [0, 0.05) is 0 Å². The van der Waals surface area contributed by atoms with E-state index in [0.29, 0.717) is 5.75 Å². The van der Waals surface area contributed by atoms with Crippen molar-refractivity contribution in [3.8, 4) is 5.75 Å². The molecule has 1 aromatic carbocycles. The van der Waals surface area contributed by atoms with Crippen LogP contribution in [0.2, 0.25) is 0 Å². The summed E-state index contributed by atoms with van der Waals surface area (Å²) in [4.78, 5) is 0. The summed E-state index contributed by atoms with van der Waals surface area (Å²) in [5.41, 5.74) is 1.93. The maximum absolute atomic E-state index is 10.6. The van der Waals surface area contributed by atoms with E-state index in [1.165, 1.54) is 0 Å². The molecule has 84 valence electrons. The zero-order chi connectivity index (χ0) is 11.6. The van der Waals surface area contributed by atoms with Crippen LogP contribution in [-0.2, 0) is 16.8 Å². The van der Waals surface area contributed by atoms with Gasteiger partial charge in [-0.25, -0.2) is 0 Å². The fourth-order valence-corrected chi connectivity index (χ4v) is 1.57. The van der Waals surface area contributed by atoms with Gasteiger partial charge >= 0.3 is 11.4 Å². The molecule has 0 amide bonds. The minimum Gasteiger partial charge on any atom is -0.380 e. The third-order valence-electron chi connectivity index (χ3n) is 2.22. The summed E-state index contributed by atoms with van der Waals surface area (Å²) in [7, 11) is 0. The fourth-order valence-electron chi connectivity index (χ4n) is 1.23. The first-order chi connectivity index (χ1) is 6.80. The van der Waals surface area contributed by atoms with Gasteiger partial charge in [-0.1, -0.05) is 32.9 Å². The first kappa shape index (κ1) is 12.2. The highest BCUT2D eigenvalue weighted by Crippen LogP contribution is 2.28. The third kappa shape index (κ3) is 3.32. The Morgan fingerprint density at radius 3 is 2.40 bits per heavy atom. The fraction of sp³-hybridized carbons (Fsp3) is 0.455. The van der Waals surface area contributed by atoms with Gasteiger partial charge in [0.15, 0.2) is 0 Å². The van der Waals surface area contributed by atoms with Crippen molar-refractivity contribution >= 4 is 11.4 Å². The van der Waals surface area contributed by atoms with Gasteiger partial charge in [0.25, 0.3) is 0 Å². The lowest BCUT2D eigenvalue weighted by Crippen LogP contribution is -2.11. The Hall–Kier alpha value is -0.870. The van der Waals surface area contributed by atoms with E-state index in [-0.39, 0.29) is 5.41 Å². The minimum absolute atomic E-state index is 0.00274. The summed E-state index contributed by atoms with van der Waals surface area (Å²) in [6.07, 6.45) is 0. The maximum Gasteiger partial charge on any atom is 0.357 e. The topological polar surface area (TPSA) is 46.5 Å². The van der Waals surface area contributed by atoms with Gasteiger partial charge in [0.1, 0.15) is 5.75 Å². The van der Waals surface area contributed by atoms with Gasteiger partial charge in [0.2, 0.25) is 0 Å². The van der Waals surface area contributed by atoms with Crippen molar-refractivity contribution < 1.29 is 12.9 Å².